The highest BCUT2D eigenvalue weighted by Gasteiger charge is 2.14. The Kier molecular flexibility index (Phi) is 4.57. The van der Waals surface area contributed by atoms with Crippen molar-refractivity contribution in [2.45, 2.75) is 6.54 Å². The van der Waals surface area contributed by atoms with Crippen LogP contribution >= 0.6 is 0 Å². The number of fused-ring (bicyclic) bond motifs is 1. The van der Waals surface area contributed by atoms with Gasteiger partial charge in [-0.25, -0.2) is 9.37 Å². The number of halogens is 1. The Morgan fingerprint density at radius 3 is 2.85 bits per heavy atom. The zero-order chi connectivity index (χ0) is 18.6. The molecule has 1 aliphatic rings. The number of benzene rings is 2. The summed E-state index contributed by atoms with van der Waals surface area (Å²) in [6, 6.07) is 14.8. The van der Waals surface area contributed by atoms with Gasteiger partial charge in [0, 0.05) is 24.0 Å². The SMILES string of the molecule is O=C(NCc1ccc2c(c1)OCO2)c1ccnc(Nc2cccc(F)c2)c1. The van der Waals surface area contributed by atoms with Gasteiger partial charge in [0.1, 0.15) is 11.6 Å². The van der Waals surface area contributed by atoms with Crippen molar-refractivity contribution < 1.29 is 18.7 Å². The fourth-order valence-corrected chi connectivity index (χ4v) is 2.69. The molecule has 0 bridgehead atoms. The number of amides is 1. The van der Waals surface area contributed by atoms with Crippen molar-refractivity contribution in [3.8, 4) is 11.5 Å². The molecule has 136 valence electrons. The molecule has 2 heterocycles. The Morgan fingerprint density at radius 2 is 1.96 bits per heavy atom. The molecule has 1 aromatic heterocycles. The molecule has 2 aromatic carbocycles. The average Bonchev–Trinajstić information content (AvgIpc) is 3.14. The summed E-state index contributed by atoms with van der Waals surface area (Å²) in [5, 5.41) is 5.84. The molecule has 1 aliphatic heterocycles. The number of aromatic nitrogens is 1. The maximum Gasteiger partial charge on any atom is 0.251 e. The summed E-state index contributed by atoms with van der Waals surface area (Å²) < 4.78 is 23.9. The molecule has 0 saturated heterocycles. The van der Waals surface area contributed by atoms with Crippen molar-refractivity contribution in [1.82, 2.24) is 10.3 Å². The summed E-state index contributed by atoms with van der Waals surface area (Å²) in [5.41, 5.74) is 1.91. The summed E-state index contributed by atoms with van der Waals surface area (Å²) in [7, 11) is 0. The quantitative estimate of drug-likeness (QED) is 0.722. The van der Waals surface area contributed by atoms with E-state index in [2.05, 4.69) is 15.6 Å². The van der Waals surface area contributed by atoms with Crippen LogP contribution in [0.25, 0.3) is 0 Å². The molecule has 0 unspecified atom stereocenters. The Morgan fingerprint density at radius 1 is 1.07 bits per heavy atom. The van der Waals surface area contributed by atoms with Crippen molar-refractivity contribution in [1.29, 1.82) is 0 Å². The molecule has 0 spiro atoms. The van der Waals surface area contributed by atoms with E-state index < -0.39 is 0 Å². The van der Waals surface area contributed by atoms with Crippen LogP contribution < -0.4 is 20.1 Å². The van der Waals surface area contributed by atoms with Gasteiger partial charge in [-0.15, -0.1) is 0 Å². The number of pyridine rings is 1. The molecule has 0 radical (unpaired) electrons. The summed E-state index contributed by atoms with van der Waals surface area (Å²) in [6.45, 7) is 0.563. The summed E-state index contributed by atoms with van der Waals surface area (Å²) in [5.74, 6) is 1.24. The number of carbonyl (C=O) groups excluding carboxylic acids is 1. The van der Waals surface area contributed by atoms with Crippen LogP contribution in [0.15, 0.2) is 60.8 Å². The Balaban J connectivity index is 1.41. The molecular weight excluding hydrogens is 349 g/mol. The highest BCUT2D eigenvalue weighted by Crippen LogP contribution is 2.32. The molecular formula is C20H16FN3O3. The zero-order valence-electron chi connectivity index (χ0n) is 14.2. The molecule has 0 atom stereocenters. The van der Waals surface area contributed by atoms with Gasteiger partial charge in [-0.3, -0.25) is 4.79 Å². The van der Waals surface area contributed by atoms with E-state index in [-0.39, 0.29) is 18.5 Å². The predicted molar refractivity (Wildman–Crippen MR) is 97.7 cm³/mol. The maximum atomic E-state index is 13.3. The van der Waals surface area contributed by atoms with Crippen LogP contribution in [0.4, 0.5) is 15.9 Å². The van der Waals surface area contributed by atoms with Crippen molar-refractivity contribution in [3.05, 3.63) is 77.7 Å². The van der Waals surface area contributed by atoms with Crippen LogP contribution in [0.2, 0.25) is 0 Å². The van der Waals surface area contributed by atoms with Crippen molar-refractivity contribution in [2.75, 3.05) is 12.1 Å². The van der Waals surface area contributed by atoms with Gasteiger partial charge in [0.25, 0.3) is 5.91 Å². The second-order valence-electron chi connectivity index (χ2n) is 5.94. The van der Waals surface area contributed by atoms with E-state index in [1.54, 1.807) is 24.3 Å². The fraction of sp³-hybridized carbons (Fsp3) is 0.100. The average molecular weight is 365 g/mol. The molecule has 7 heteroatoms. The van der Waals surface area contributed by atoms with Gasteiger partial charge in [-0.2, -0.15) is 0 Å². The van der Waals surface area contributed by atoms with Gasteiger partial charge >= 0.3 is 0 Å². The normalized spacial score (nSPS) is 11.9. The van der Waals surface area contributed by atoms with E-state index in [1.165, 1.54) is 18.3 Å². The predicted octanol–water partition coefficient (Wildman–Crippen LogP) is 3.62. The minimum absolute atomic E-state index is 0.212. The third-order valence-corrected chi connectivity index (χ3v) is 4.01. The van der Waals surface area contributed by atoms with E-state index in [0.29, 0.717) is 35.1 Å². The van der Waals surface area contributed by atoms with Crippen LogP contribution in [0.5, 0.6) is 11.5 Å². The van der Waals surface area contributed by atoms with Gasteiger partial charge in [-0.05, 0) is 48.0 Å². The first-order chi connectivity index (χ1) is 13.2. The molecule has 4 rings (SSSR count). The van der Waals surface area contributed by atoms with E-state index in [4.69, 9.17) is 9.47 Å². The lowest BCUT2D eigenvalue weighted by atomic mass is 10.2. The van der Waals surface area contributed by atoms with Gasteiger partial charge in [0.05, 0.1) is 0 Å². The topological polar surface area (TPSA) is 72.5 Å². The number of carbonyl (C=O) groups is 1. The van der Waals surface area contributed by atoms with Gasteiger partial charge in [0.15, 0.2) is 11.5 Å². The van der Waals surface area contributed by atoms with Gasteiger partial charge in [0.2, 0.25) is 6.79 Å². The molecule has 2 N–H and O–H groups in total. The van der Waals surface area contributed by atoms with Crippen molar-refractivity contribution in [3.63, 3.8) is 0 Å². The number of rotatable bonds is 5. The lowest BCUT2D eigenvalue weighted by Gasteiger charge is -2.09. The summed E-state index contributed by atoms with van der Waals surface area (Å²) in [4.78, 5) is 16.6. The molecule has 1 amide bonds. The second-order valence-corrected chi connectivity index (χ2v) is 5.94. The fourth-order valence-electron chi connectivity index (χ4n) is 2.69. The number of ether oxygens (including phenoxy) is 2. The minimum Gasteiger partial charge on any atom is -0.454 e. The van der Waals surface area contributed by atoms with Crippen LogP contribution in [0.1, 0.15) is 15.9 Å². The van der Waals surface area contributed by atoms with E-state index in [1.807, 2.05) is 18.2 Å². The minimum atomic E-state index is -0.349. The third kappa shape index (κ3) is 3.98. The second kappa shape index (κ2) is 7.33. The molecule has 27 heavy (non-hydrogen) atoms. The highest BCUT2D eigenvalue weighted by atomic mass is 19.1. The molecule has 0 saturated carbocycles. The number of hydrogen-bond acceptors (Lipinski definition) is 5. The van der Waals surface area contributed by atoms with Crippen molar-refractivity contribution in [2.24, 2.45) is 0 Å². The number of hydrogen-bond donors (Lipinski definition) is 2. The largest absolute Gasteiger partial charge is 0.454 e. The number of nitrogens with one attached hydrogen (secondary N) is 2. The first kappa shape index (κ1) is 16.8. The van der Waals surface area contributed by atoms with Crippen LogP contribution in [0.3, 0.4) is 0 Å². The van der Waals surface area contributed by atoms with Crippen LogP contribution in [-0.4, -0.2) is 17.7 Å². The zero-order valence-corrected chi connectivity index (χ0v) is 14.2. The van der Waals surface area contributed by atoms with E-state index in [0.717, 1.165) is 5.56 Å². The number of nitrogens with zero attached hydrogens (tertiary/aromatic N) is 1. The molecule has 0 fully saturated rings. The van der Waals surface area contributed by atoms with Crippen LogP contribution in [-0.2, 0) is 6.54 Å². The Bertz CT molecular complexity index is 994. The lowest BCUT2D eigenvalue weighted by Crippen LogP contribution is -2.22. The molecule has 3 aromatic rings. The summed E-state index contributed by atoms with van der Waals surface area (Å²) >= 11 is 0. The van der Waals surface area contributed by atoms with E-state index in [9.17, 15) is 9.18 Å². The van der Waals surface area contributed by atoms with E-state index >= 15 is 0 Å². The van der Waals surface area contributed by atoms with Crippen LogP contribution in [0, 0.1) is 5.82 Å². The summed E-state index contributed by atoms with van der Waals surface area (Å²) in [6.07, 6.45) is 1.52. The first-order valence-corrected chi connectivity index (χ1v) is 8.33. The first-order valence-electron chi connectivity index (χ1n) is 8.33. The van der Waals surface area contributed by atoms with Gasteiger partial charge < -0.3 is 20.1 Å². The highest BCUT2D eigenvalue weighted by molar-refractivity contribution is 5.94. The smallest absolute Gasteiger partial charge is 0.251 e. The standard InChI is InChI=1S/C20H16FN3O3/c21-15-2-1-3-16(10-15)24-19-9-14(6-7-22-19)20(25)23-11-13-4-5-17-18(8-13)27-12-26-17/h1-10H,11-12H2,(H,22,24)(H,23,25). The molecule has 6 nitrogen and oxygen atoms in total. The number of anilines is 2. The van der Waals surface area contributed by atoms with Gasteiger partial charge in [-0.1, -0.05) is 12.1 Å². The molecule has 0 aliphatic carbocycles. The Labute approximate surface area is 155 Å². The Hall–Kier alpha value is -3.61. The van der Waals surface area contributed by atoms with Crippen molar-refractivity contribution >= 4 is 17.4 Å². The lowest BCUT2D eigenvalue weighted by molar-refractivity contribution is 0.0950. The third-order valence-electron chi connectivity index (χ3n) is 4.01. The monoisotopic (exact) mass is 365 g/mol. The maximum absolute atomic E-state index is 13.3.